The molecule has 5 aromatic rings. The number of nitrogens with zero attached hydrogens (tertiary/aromatic N) is 3. The van der Waals surface area contributed by atoms with Crippen LogP contribution in [-0.2, 0) is 10.0 Å². The average molecular weight is 465 g/mol. The minimum Gasteiger partial charge on any atom is -0.299 e. The van der Waals surface area contributed by atoms with Gasteiger partial charge in [-0.3, -0.25) is 14.4 Å². The van der Waals surface area contributed by atoms with Crippen LogP contribution < -0.4 is 4.72 Å². The predicted molar refractivity (Wildman–Crippen MR) is 122 cm³/mol. The van der Waals surface area contributed by atoms with Gasteiger partial charge in [-0.15, -0.1) is 0 Å². The third kappa shape index (κ3) is 4.20. The molecule has 166 valence electrons. The number of fused-ring (bicyclic) bond motifs is 1. The van der Waals surface area contributed by atoms with E-state index in [1.165, 1.54) is 12.1 Å². The van der Waals surface area contributed by atoms with Gasteiger partial charge in [0.1, 0.15) is 18.0 Å². The zero-order chi connectivity index (χ0) is 23.2. The van der Waals surface area contributed by atoms with Crippen LogP contribution in [-0.4, -0.2) is 34.4 Å². The number of benzene rings is 3. The van der Waals surface area contributed by atoms with Gasteiger partial charge in [0, 0.05) is 29.1 Å². The molecular weight excluding hydrogens is 448 g/mol. The Morgan fingerprint density at radius 1 is 0.970 bits per heavy atom. The maximum absolute atomic E-state index is 14.5. The van der Waals surface area contributed by atoms with Crippen molar-refractivity contribution in [3.8, 4) is 28.1 Å². The summed E-state index contributed by atoms with van der Waals surface area (Å²) >= 11 is 0. The highest BCUT2D eigenvalue weighted by Gasteiger charge is 2.14. The second-order valence-corrected chi connectivity index (χ2v) is 9.30. The molecule has 0 radical (unpaired) electrons. The van der Waals surface area contributed by atoms with E-state index in [0.717, 1.165) is 35.2 Å². The third-order valence-corrected chi connectivity index (χ3v) is 5.71. The highest BCUT2D eigenvalue weighted by molar-refractivity contribution is 7.92. The van der Waals surface area contributed by atoms with Gasteiger partial charge in [-0.1, -0.05) is 6.07 Å². The summed E-state index contributed by atoms with van der Waals surface area (Å²) in [6, 6.07) is 15.6. The number of rotatable bonds is 5. The molecule has 0 bridgehead atoms. The van der Waals surface area contributed by atoms with Crippen molar-refractivity contribution in [3.63, 3.8) is 0 Å². The number of sulfonamides is 1. The topological polar surface area (TPSA) is 92.7 Å². The molecule has 0 spiro atoms. The molecule has 0 aliphatic rings. The summed E-state index contributed by atoms with van der Waals surface area (Å²) in [4.78, 5) is 4.47. The van der Waals surface area contributed by atoms with E-state index in [1.807, 2.05) is 24.3 Å². The number of aromatic amines is 1. The summed E-state index contributed by atoms with van der Waals surface area (Å²) in [5.74, 6) is -1.45. The summed E-state index contributed by atoms with van der Waals surface area (Å²) in [7, 11) is -3.59. The van der Waals surface area contributed by atoms with E-state index < -0.39 is 21.7 Å². The van der Waals surface area contributed by atoms with Gasteiger partial charge in [0.05, 0.1) is 28.7 Å². The summed E-state index contributed by atoms with van der Waals surface area (Å²) in [5, 5.41) is 6.87. The molecule has 0 saturated carbocycles. The lowest BCUT2D eigenvalue weighted by molar-refractivity contribution is 0.585. The Balaban J connectivity index is 1.67. The quantitative estimate of drug-likeness (QED) is 0.392. The molecule has 0 aliphatic heterocycles. The minimum atomic E-state index is -3.59. The molecule has 0 unspecified atom stereocenters. The maximum Gasteiger partial charge on any atom is 0.229 e. The van der Waals surface area contributed by atoms with E-state index in [1.54, 1.807) is 29.2 Å². The molecule has 10 heteroatoms. The number of imidazole rings is 1. The second-order valence-electron chi connectivity index (χ2n) is 7.56. The van der Waals surface area contributed by atoms with Crippen molar-refractivity contribution >= 4 is 26.7 Å². The summed E-state index contributed by atoms with van der Waals surface area (Å²) in [6.45, 7) is 0. The molecule has 7 nitrogen and oxygen atoms in total. The van der Waals surface area contributed by atoms with Gasteiger partial charge in [-0.05, 0) is 54.1 Å². The standard InChI is InChI=1S/C23H17F2N5O2S/c1-33(31,32)29-17-8-15(19-4-3-16(24)11-20(19)25)9-18(12-17)30-13-26-22-10-14(2-5-23(22)30)21-6-7-27-28-21/h2-13,29H,1H3,(H,27,28). The largest absolute Gasteiger partial charge is 0.299 e. The van der Waals surface area contributed by atoms with Crippen LogP contribution in [0.4, 0.5) is 14.5 Å². The van der Waals surface area contributed by atoms with Crippen molar-refractivity contribution in [1.82, 2.24) is 19.7 Å². The maximum atomic E-state index is 14.5. The smallest absolute Gasteiger partial charge is 0.229 e. The van der Waals surface area contributed by atoms with E-state index >= 15 is 0 Å². The van der Waals surface area contributed by atoms with Crippen LogP contribution in [0.25, 0.3) is 39.1 Å². The summed E-state index contributed by atoms with van der Waals surface area (Å²) in [5.41, 5.74) is 4.54. The van der Waals surface area contributed by atoms with Crippen LogP contribution in [0.1, 0.15) is 0 Å². The van der Waals surface area contributed by atoms with E-state index in [9.17, 15) is 17.2 Å². The van der Waals surface area contributed by atoms with E-state index in [4.69, 9.17) is 0 Å². The average Bonchev–Trinajstić information content (AvgIpc) is 3.42. The number of halogens is 2. The fraction of sp³-hybridized carbons (Fsp3) is 0.0435. The SMILES string of the molecule is CS(=O)(=O)Nc1cc(-c2ccc(F)cc2F)cc(-n2cnc3cc(-c4ccn[nH]4)ccc32)c1. The van der Waals surface area contributed by atoms with Gasteiger partial charge >= 0.3 is 0 Å². The molecule has 2 aromatic heterocycles. The molecule has 0 amide bonds. The zero-order valence-electron chi connectivity index (χ0n) is 17.3. The van der Waals surface area contributed by atoms with Gasteiger partial charge in [0.15, 0.2) is 0 Å². The van der Waals surface area contributed by atoms with Crippen molar-refractivity contribution < 1.29 is 17.2 Å². The lowest BCUT2D eigenvalue weighted by atomic mass is 10.0. The van der Waals surface area contributed by atoms with Crippen LogP contribution in [0.15, 0.2) is 73.2 Å². The molecule has 5 rings (SSSR count). The lowest BCUT2D eigenvalue weighted by Gasteiger charge is -2.13. The lowest BCUT2D eigenvalue weighted by Crippen LogP contribution is -2.10. The van der Waals surface area contributed by atoms with Crippen LogP contribution in [0, 0.1) is 11.6 Å². The first-order chi connectivity index (χ1) is 15.8. The molecule has 2 heterocycles. The monoisotopic (exact) mass is 465 g/mol. The Kier molecular flexibility index (Phi) is 4.94. The highest BCUT2D eigenvalue weighted by Crippen LogP contribution is 2.31. The second kappa shape index (κ2) is 7.82. The van der Waals surface area contributed by atoms with E-state index in [-0.39, 0.29) is 11.3 Å². The molecule has 0 atom stereocenters. The highest BCUT2D eigenvalue weighted by atomic mass is 32.2. The fourth-order valence-electron chi connectivity index (χ4n) is 3.70. The molecule has 0 saturated heterocycles. The molecule has 2 N–H and O–H groups in total. The first kappa shape index (κ1) is 20.8. The number of nitrogens with one attached hydrogen (secondary N) is 2. The molecule has 3 aromatic carbocycles. The normalized spacial score (nSPS) is 11.7. The van der Waals surface area contributed by atoms with Crippen LogP contribution >= 0.6 is 0 Å². The van der Waals surface area contributed by atoms with E-state index in [2.05, 4.69) is 19.9 Å². The van der Waals surface area contributed by atoms with Crippen LogP contribution in [0.5, 0.6) is 0 Å². The zero-order valence-corrected chi connectivity index (χ0v) is 18.1. The van der Waals surface area contributed by atoms with Crippen LogP contribution in [0.3, 0.4) is 0 Å². The minimum absolute atomic E-state index is 0.140. The van der Waals surface area contributed by atoms with Crippen molar-refractivity contribution in [2.24, 2.45) is 0 Å². The Bertz CT molecular complexity index is 1590. The summed E-state index contributed by atoms with van der Waals surface area (Å²) in [6.07, 6.45) is 4.29. The van der Waals surface area contributed by atoms with Gasteiger partial charge in [0.2, 0.25) is 10.0 Å². The molecular formula is C23H17F2N5O2S. The van der Waals surface area contributed by atoms with Crippen molar-refractivity contribution in [2.75, 3.05) is 11.0 Å². The Hall–Kier alpha value is -4.05. The molecule has 33 heavy (non-hydrogen) atoms. The third-order valence-electron chi connectivity index (χ3n) is 5.10. The molecule has 0 fully saturated rings. The number of aromatic nitrogens is 4. The number of hydrogen-bond acceptors (Lipinski definition) is 4. The Morgan fingerprint density at radius 2 is 1.82 bits per heavy atom. The summed E-state index contributed by atoms with van der Waals surface area (Å²) < 4.78 is 55.8. The Morgan fingerprint density at radius 3 is 2.55 bits per heavy atom. The van der Waals surface area contributed by atoms with Crippen molar-refractivity contribution in [3.05, 3.63) is 84.8 Å². The van der Waals surface area contributed by atoms with Gasteiger partial charge in [-0.2, -0.15) is 5.10 Å². The predicted octanol–water partition coefficient (Wildman–Crippen LogP) is 4.73. The van der Waals surface area contributed by atoms with Crippen LogP contribution in [0.2, 0.25) is 0 Å². The van der Waals surface area contributed by atoms with E-state index in [0.29, 0.717) is 16.8 Å². The van der Waals surface area contributed by atoms with Crippen molar-refractivity contribution in [1.29, 1.82) is 0 Å². The first-order valence-corrected chi connectivity index (χ1v) is 11.7. The van der Waals surface area contributed by atoms with Gasteiger partial charge < -0.3 is 0 Å². The van der Waals surface area contributed by atoms with Crippen molar-refractivity contribution in [2.45, 2.75) is 0 Å². The van der Waals surface area contributed by atoms with Gasteiger partial charge in [-0.25, -0.2) is 22.2 Å². The molecule has 0 aliphatic carbocycles. The Labute approximate surface area is 187 Å². The fourth-order valence-corrected chi connectivity index (χ4v) is 4.25. The first-order valence-electron chi connectivity index (χ1n) is 9.82. The number of anilines is 1. The van der Waals surface area contributed by atoms with Gasteiger partial charge in [0.25, 0.3) is 0 Å². The number of hydrogen-bond donors (Lipinski definition) is 2. The number of H-pyrrole nitrogens is 1.